The maximum absolute atomic E-state index is 13.1. The fraction of sp³-hybridized carbons (Fsp3) is 0.257. The number of aliphatic carboxylic acids is 1. The minimum Gasteiger partial charge on any atom is -0.481 e. The van der Waals surface area contributed by atoms with Gasteiger partial charge < -0.3 is 19.6 Å². The second-order valence-corrected chi connectivity index (χ2v) is 16.0. The predicted molar refractivity (Wildman–Crippen MR) is 168 cm³/mol. The van der Waals surface area contributed by atoms with Crippen molar-refractivity contribution in [2.24, 2.45) is 0 Å². The van der Waals surface area contributed by atoms with Gasteiger partial charge in [0, 0.05) is 5.92 Å². The molecule has 0 radical (unpaired) electrons. The van der Waals surface area contributed by atoms with Gasteiger partial charge in [-0.3, -0.25) is 4.79 Å². The molecule has 0 heterocycles. The lowest BCUT2D eigenvalue weighted by atomic mass is 9.98. The van der Waals surface area contributed by atoms with Crippen LogP contribution in [0.5, 0.6) is 0 Å². The van der Waals surface area contributed by atoms with Crippen LogP contribution >= 0.6 is 0 Å². The van der Waals surface area contributed by atoms with E-state index < -0.39 is 26.4 Å². The van der Waals surface area contributed by atoms with Crippen LogP contribution in [0.3, 0.4) is 0 Å². The lowest BCUT2D eigenvalue weighted by Crippen LogP contribution is -2.67. The first-order chi connectivity index (χ1) is 20.2. The van der Waals surface area contributed by atoms with Gasteiger partial charge >= 0.3 is 12.1 Å². The first-order valence-corrected chi connectivity index (χ1v) is 16.2. The van der Waals surface area contributed by atoms with Crippen LogP contribution in [0.1, 0.15) is 44.2 Å². The Balaban J connectivity index is 1.35. The Labute approximate surface area is 248 Å². The van der Waals surface area contributed by atoms with E-state index in [1.54, 1.807) is 0 Å². The molecule has 0 saturated carbocycles. The Morgan fingerprint density at radius 2 is 1.26 bits per heavy atom. The molecular weight excluding hydrogens is 542 g/mol. The first-order valence-electron chi connectivity index (χ1n) is 14.3. The zero-order chi connectivity index (χ0) is 29.7. The van der Waals surface area contributed by atoms with Crippen molar-refractivity contribution in [1.82, 2.24) is 5.32 Å². The Bertz CT molecular complexity index is 1450. The van der Waals surface area contributed by atoms with Crippen LogP contribution in [-0.2, 0) is 14.0 Å². The SMILES string of the molecule is CC(C)(C)[Si](OC[C@H](CC(=O)O)NC(=O)OCC1c2ccccc2-c2ccccc21)(c1ccccc1)c1ccccc1. The summed E-state index contributed by atoms with van der Waals surface area (Å²) in [5.74, 6) is -1.11. The normalized spacial score (nSPS) is 13.6. The highest BCUT2D eigenvalue weighted by Gasteiger charge is 2.50. The fourth-order valence-electron chi connectivity index (χ4n) is 6.16. The van der Waals surface area contributed by atoms with Crippen molar-refractivity contribution >= 4 is 30.8 Å². The first kappa shape index (κ1) is 29.3. The van der Waals surface area contributed by atoms with Crippen LogP contribution in [0.2, 0.25) is 5.04 Å². The van der Waals surface area contributed by atoms with Crippen LogP contribution in [0.4, 0.5) is 4.79 Å². The molecule has 0 saturated heterocycles. The molecule has 4 aromatic rings. The van der Waals surface area contributed by atoms with Crippen molar-refractivity contribution in [2.75, 3.05) is 13.2 Å². The van der Waals surface area contributed by atoms with Crippen molar-refractivity contribution in [3.8, 4) is 11.1 Å². The number of nitrogens with one attached hydrogen (secondary N) is 1. The second-order valence-electron chi connectivity index (χ2n) is 11.7. The highest BCUT2D eigenvalue weighted by Crippen LogP contribution is 2.44. The molecule has 1 aliphatic carbocycles. The molecule has 5 rings (SSSR count). The summed E-state index contributed by atoms with van der Waals surface area (Å²) in [7, 11) is -2.92. The summed E-state index contributed by atoms with van der Waals surface area (Å²) in [5, 5.41) is 14.4. The number of carbonyl (C=O) groups is 2. The summed E-state index contributed by atoms with van der Waals surface area (Å²) < 4.78 is 12.6. The number of benzene rings is 4. The number of carbonyl (C=O) groups excluding carboxylic acids is 1. The fourth-order valence-corrected chi connectivity index (χ4v) is 10.8. The van der Waals surface area contributed by atoms with Gasteiger partial charge in [0.2, 0.25) is 0 Å². The summed E-state index contributed by atoms with van der Waals surface area (Å²) in [6.45, 7) is 6.65. The molecule has 1 atom stereocenters. The summed E-state index contributed by atoms with van der Waals surface area (Å²) in [5.41, 5.74) is 4.52. The molecule has 216 valence electrons. The molecule has 0 spiro atoms. The molecule has 0 aromatic heterocycles. The van der Waals surface area contributed by atoms with Gasteiger partial charge in [0.05, 0.1) is 19.1 Å². The molecule has 0 bridgehead atoms. The van der Waals surface area contributed by atoms with Crippen LogP contribution in [-0.4, -0.2) is 44.7 Å². The van der Waals surface area contributed by atoms with E-state index in [1.807, 2.05) is 60.7 Å². The number of alkyl carbamates (subject to hydrolysis) is 1. The molecule has 0 aliphatic heterocycles. The maximum Gasteiger partial charge on any atom is 0.407 e. The Hall–Kier alpha value is -4.20. The molecule has 1 amide bonds. The minimum atomic E-state index is -2.92. The van der Waals surface area contributed by atoms with Crippen LogP contribution < -0.4 is 15.7 Å². The standard InChI is InChI=1S/C35H37NO5Si/c1-35(2,3)42(26-14-6-4-7-15-26,27-16-8-5-9-17-27)41-23-25(22-33(37)38)36-34(39)40-24-32-30-20-12-10-18-28(30)29-19-11-13-21-31(29)32/h4-21,25,32H,22-24H2,1-3H3,(H,36,39)(H,37,38)/t25-/m0/s1. The molecule has 6 nitrogen and oxygen atoms in total. The van der Waals surface area contributed by atoms with Gasteiger partial charge in [0.15, 0.2) is 0 Å². The molecular formula is C35H37NO5Si. The Morgan fingerprint density at radius 1 is 0.786 bits per heavy atom. The minimum absolute atomic E-state index is 0.0315. The zero-order valence-electron chi connectivity index (χ0n) is 24.2. The van der Waals surface area contributed by atoms with Crippen molar-refractivity contribution < 1.29 is 23.9 Å². The van der Waals surface area contributed by atoms with Crippen molar-refractivity contribution in [2.45, 2.75) is 44.2 Å². The van der Waals surface area contributed by atoms with Gasteiger partial charge in [-0.2, -0.15) is 0 Å². The second kappa shape index (κ2) is 12.3. The van der Waals surface area contributed by atoms with E-state index in [2.05, 4.69) is 74.6 Å². The Morgan fingerprint density at radius 3 is 1.74 bits per heavy atom. The molecule has 4 aromatic carbocycles. The van der Waals surface area contributed by atoms with Crippen LogP contribution in [0, 0.1) is 0 Å². The van der Waals surface area contributed by atoms with Crippen LogP contribution in [0.25, 0.3) is 11.1 Å². The van der Waals surface area contributed by atoms with Gasteiger partial charge in [0.1, 0.15) is 6.61 Å². The molecule has 1 aliphatic rings. The number of carboxylic acid groups (broad SMARTS) is 1. The third-order valence-corrected chi connectivity index (χ3v) is 13.0. The smallest absolute Gasteiger partial charge is 0.407 e. The van der Waals surface area contributed by atoms with E-state index >= 15 is 0 Å². The van der Waals surface area contributed by atoms with Gasteiger partial charge in [-0.25, -0.2) is 4.79 Å². The lowest BCUT2D eigenvalue weighted by Gasteiger charge is -2.43. The van der Waals surface area contributed by atoms with Gasteiger partial charge in [0.25, 0.3) is 8.32 Å². The van der Waals surface area contributed by atoms with Crippen molar-refractivity contribution in [1.29, 1.82) is 0 Å². The number of hydrogen-bond donors (Lipinski definition) is 2. The molecule has 0 fully saturated rings. The van der Waals surface area contributed by atoms with Crippen molar-refractivity contribution in [3.63, 3.8) is 0 Å². The van der Waals surface area contributed by atoms with Gasteiger partial charge in [-0.05, 0) is 37.7 Å². The highest BCUT2D eigenvalue weighted by atomic mass is 28.4. The predicted octanol–water partition coefficient (Wildman–Crippen LogP) is 5.95. The van der Waals surface area contributed by atoms with E-state index in [1.165, 1.54) is 0 Å². The number of hydrogen-bond acceptors (Lipinski definition) is 4. The quantitative estimate of drug-likeness (QED) is 0.227. The molecule has 0 unspecified atom stereocenters. The number of carboxylic acids is 1. The maximum atomic E-state index is 13.1. The van der Waals surface area contributed by atoms with Crippen LogP contribution in [0.15, 0.2) is 109 Å². The monoisotopic (exact) mass is 579 g/mol. The van der Waals surface area contributed by atoms with E-state index in [0.717, 1.165) is 32.6 Å². The number of amides is 1. The average Bonchev–Trinajstić information content (AvgIpc) is 3.30. The zero-order valence-corrected chi connectivity index (χ0v) is 25.2. The van der Waals surface area contributed by atoms with Gasteiger partial charge in [-0.15, -0.1) is 0 Å². The lowest BCUT2D eigenvalue weighted by molar-refractivity contribution is -0.137. The third kappa shape index (κ3) is 5.89. The van der Waals surface area contributed by atoms with E-state index in [-0.39, 0.29) is 30.6 Å². The number of rotatable bonds is 10. The summed E-state index contributed by atoms with van der Waals surface area (Å²) in [6.07, 6.45) is -0.947. The molecule has 2 N–H and O–H groups in total. The number of fused-ring (bicyclic) bond motifs is 3. The third-order valence-electron chi connectivity index (χ3n) is 8.00. The number of ether oxygens (including phenoxy) is 1. The summed E-state index contributed by atoms with van der Waals surface area (Å²) in [6, 6.07) is 35.8. The van der Waals surface area contributed by atoms with Gasteiger partial charge in [-0.1, -0.05) is 130 Å². The topological polar surface area (TPSA) is 84.9 Å². The van der Waals surface area contributed by atoms with E-state index in [0.29, 0.717) is 0 Å². The van der Waals surface area contributed by atoms with Crippen molar-refractivity contribution in [3.05, 3.63) is 120 Å². The summed E-state index contributed by atoms with van der Waals surface area (Å²) in [4.78, 5) is 25.0. The average molecular weight is 580 g/mol. The van der Waals surface area contributed by atoms with E-state index in [9.17, 15) is 14.7 Å². The Kier molecular flexibility index (Phi) is 8.61. The summed E-state index contributed by atoms with van der Waals surface area (Å²) >= 11 is 0. The van der Waals surface area contributed by atoms with E-state index in [4.69, 9.17) is 9.16 Å². The molecule has 42 heavy (non-hydrogen) atoms. The highest BCUT2D eigenvalue weighted by molar-refractivity contribution is 6.99. The molecule has 7 heteroatoms. The largest absolute Gasteiger partial charge is 0.481 e.